The molecule has 1 aliphatic heterocycles. The van der Waals surface area contributed by atoms with Crippen molar-refractivity contribution in [2.24, 2.45) is 0 Å². The number of alkyl halides is 3. The Kier molecular flexibility index (Phi) is 4.48. The summed E-state index contributed by atoms with van der Waals surface area (Å²) in [5.41, 5.74) is -0.184. The Balaban J connectivity index is 1.89. The maximum Gasteiger partial charge on any atom is 0.471 e. The van der Waals surface area contributed by atoms with E-state index in [9.17, 15) is 22.8 Å². The normalized spacial score (nSPS) is 16.4. The number of carbonyl (C=O) groups is 2. The van der Waals surface area contributed by atoms with E-state index < -0.39 is 24.1 Å². The van der Waals surface area contributed by atoms with Crippen LogP contribution < -0.4 is 10.2 Å². The number of hydrogen-bond donors (Lipinski definition) is 2. The lowest BCUT2D eigenvalue weighted by Gasteiger charge is -2.33. The van der Waals surface area contributed by atoms with Crippen LogP contribution in [0.2, 0.25) is 0 Å². The highest BCUT2D eigenvalue weighted by molar-refractivity contribution is 5.85. The van der Waals surface area contributed by atoms with Crippen LogP contribution in [0.15, 0.2) is 12.4 Å². The van der Waals surface area contributed by atoms with Gasteiger partial charge in [-0.25, -0.2) is 14.8 Å². The summed E-state index contributed by atoms with van der Waals surface area (Å²) in [5, 5.41) is 10.7. The number of aromatic nitrogens is 2. The van der Waals surface area contributed by atoms with Crippen molar-refractivity contribution >= 4 is 17.7 Å². The van der Waals surface area contributed by atoms with Crippen molar-refractivity contribution in [2.75, 3.05) is 18.0 Å². The highest BCUT2D eigenvalue weighted by Crippen LogP contribution is 2.19. The van der Waals surface area contributed by atoms with E-state index in [1.165, 1.54) is 6.20 Å². The SMILES string of the molecule is O=C(O)c1cnc(N2CCC(NC(=O)C(F)(F)F)CC2)cn1. The lowest BCUT2D eigenvalue weighted by atomic mass is 10.1. The van der Waals surface area contributed by atoms with Crippen molar-refractivity contribution in [3.63, 3.8) is 0 Å². The second kappa shape index (κ2) is 6.16. The molecule has 1 aliphatic rings. The Bertz CT molecular complexity index is 554. The van der Waals surface area contributed by atoms with Gasteiger partial charge in [0.05, 0.1) is 12.4 Å². The standard InChI is InChI=1S/C12H13F3N4O3/c13-12(14,15)11(22)18-7-1-3-19(4-2-7)9-6-16-8(5-17-9)10(20)21/h5-7H,1-4H2,(H,18,22)(H,20,21). The van der Waals surface area contributed by atoms with Crippen LogP contribution in [0.25, 0.3) is 0 Å². The Labute approximate surface area is 123 Å². The van der Waals surface area contributed by atoms with Crippen molar-refractivity contribution in [1.29, 1.82) is 0 Å². The molecule has 2 N–H and O–H groups in total. The van der Waals surface area contributed by atoms with E-state index in [4.69, 9.17) is 5.11 Å². The van der Waals surface area contributed by atoms with Crippen LogP contribution in [0.5, 0.6) is 0 Å². The maximum atomic E-state index is 12.2. The molecule has 120 valence electrons. The van der Waals surface area contributed by atoms with Gasteiger partial charge in [-0.15, -0.1) is 0 Å². The van der Waals surface area contributed by atoms with Crippen LogP contribution in [0.4, 0.5) is 19.0 Å². The molecule has 0 unspecified atom stereocenters. The first-order valence-electron chi connectivity index (χ1n) is 6.45. The number of rotatable bonds is 3. The molecule has 0 aliphatic carbocycles. The molecule has 0 radical (unpaired) electrons. The van der Waals surface area contributed by atoms with Gasteiger partial charge >= 0.3 is 18.1 Å². The summed E-state index contributed by atoms with van der Waals surface area (Å²) in [6, 6.07) is -0.545. The van der Waals surface area contributed by atoms with Gasteiger partial charge < -0.3 is 15.3 Å². The molecule has 2 rings (SSSR count). The molecule has 0 bridgehead atoms. The van der Waals surface area contributed by atoms with Crippen LogP contribution >= 0.6 is 0 Å². The monoisotopic (exact) mass is 318 g/mol. The topological polar surface area (TPSA) is 95.4 Å². The van der Waals surface area contributed by atoms with Crippen LogP contribution in [0.1, 0.15) is 23.3 Å². The first-order valence-corrected chi connectivity index (χ1v) is 6.45. The molecule has 1 aromatic heterocycles. The third-order valence-electron chi connectivity index (χ3n) is 3.27. The minimum Gasteiger partial charge on any atom is -0.476 e. The Hall–Kier alpha value is -2.39. The smallest absolute Gasteiger partial charge is 0.471 e. The number of aromatic carboxylic acids is 1. The van der Waals surface area contributed by atoms with Crippen molar-refractivity contribution in [1.82, 2.24) is 15.3 Å². The van der Waals surface area contributed by atoms with E-state index in [1.54, 1.807) is 4.90 Å². The van der Waals surface area contributed by atoms with E-state index >= 15 is 0 Å². The second-order valence-corrected chi connectivity index (χ2v) is 4.80. The third kappa shape index (κ3) is 3.83. The first-order chi connectivity index (χ1) is 10.3. The number of carboxylic acid groups (broad SMARTS) is 1. The number of anilines is 1. The molecule has 0 atom stereocenters. The van der Waals surface area contributed by atoms with Crippen molar-refractivity contribution in [3.05, 3.63) is 18.1 Å². The zero-order chi connectivity index (χ0) is 16.3. The van der Waals surface area contributed by atoms with Gasteiger partial charge in [0, 0.05) is 19.1 Å². The quantitative estimate of drug-likeness (QED) is 0.857. The number of nitrogens with zero attached hydrogens (tertiary/aromatic N) is 3. The van der Waals surface area contributed by atoms with Gasteiger partial charge in [-0.3, -0.25) is 4.79 Å². The van der Waals surface area contributed by atoms with Gasteiger partial charge in [0.1, 0.15) is 5.82 Å². The summed E-state index contributed by atoms with van der Waals surface area (Å²) in [6.45, 7) is 0.786. The number of halogens is 3. The van der Waals surface area contributed by atoms with Gasteiger partial charge in [-0.05, 0) is 12.8 Å². The first kappa shape index (κ1) is 16.0. The Morgan fingerprint density at radius 2 is 1.86 bits per heavy atom. The zero-order valence-electron chi connectivity index (χ0n) is 11.3. The number of hydrogen-bond acceptors (Lipinski definition) is 5. The van der Waals surface area contributed by atoms with E-state index in [2.05, 4.69) is 9.97 Å². The average Bonchev–Trinajstić information content (AvgIpc) is 2.47. The van der Waals surface area contributed by atoms with E-state index in [1.807, 2.05) is 5.32 Å². The minimum absolute atomic E-state index is 0.184. The van der Waals surface area contributed by atoms with Gasteiger partial charge in [0.15, 0.2) is 5.69 Å². The zero-order valence-corrected chi connectivity index (χ0v) is 11.3. The summed E-state index contributed by atoms with van der Waals surface area (Å²) in [6.07, 6.45) is -1.78. The maximum absolute atomic E-state index is 12.2. The number of nitrogens with one attached hydrogen (secondary N) is 1. The van der Waals surface area contributed by atoms with Crippen LogP contribution in [0.3, 0.4) is 0 Å². The molecule has 1 aromatic rings. The number of amides is 1. The van der Waals surface area contributed by atoms with E-state index in [0.29, 0.717) is 31.7 Å². The predicted molar refractivity (Wildman–Crippen MR) is 68.4 cm³/mol. The molecule has 1 fully saturated rings. The minimum atomic E-state index is -4.88. The van der Waals surface area contributed by atoms with Crippen LogP contribution in [-0.4, -0.2) is 52.3 Å². The molecule has 7 nitrogen and oxygen atoms in total. The van der Waals surface area contributed by atoms with Gasteiger partial charge in [0.25, 0.3) is 0 Å². The summed E-state index contributed by atoms with van der Waals surface area (Å²) in [4.78, 5) is 31.0. The summed E-state index contributed by atoms with van der Waals surface area (Å²) in [7, 11) is 0. The number of carbonyl (C=O) groups excluding carboxylic acids is 1. The lowest BCUT2D eigenvalue weighted by Crippen LogP contribution is -2.48. The van der Waals surface area contributed by atoms with Gasteiger partial charge in [-0.2, -0.15) is 13.2 Å². The molecule has 0 aromatic carbocycles. The van der Waals surface area contributed by atoms with Crippen molar-refractivity contribution < 1.29 is 27.9 Å². The predicted octanol–water partition coefficient (Wildman–Crippen LogP) is 0.822. The summed E-state index contributed by atoms with van der Waals surface area (Å²) >= 11 is 0. The fourth-order valence-corrected chi connectivity index (χ4v) is 2.12. The second-order valence-electron chi connectivity index (χ2n) is 4.80. The molecular formula is C12H13F3N4O3. The molecule has 10 heteroatoms. The third-order valence-corrected chi connectivity index (χ3v) is 3.27. The van der Waals surface area contributed by atoms with E-state index in [0.717, 1.165) is 6.20 Å². The molecule has 1 amide bonds. The molecule has 2 heterocycles. The molecule has 0 spiro atoms. The van der Waals surface area contributed by atoms with Gasteiger partial charge in [-0.1, -0.05) is 0 Å². The molecule has 1 saturated heterocycles. The fraction of sp³-hybridized carbons (Fsp3) is 0.500. The Morgan fingerprint density at radius 1 is 1.23 bits per heavy atom. The largest absolute Gasteiger partial charge is 0.476 e. The van der Waals surface area contributed by atoms with Crippen molar-refractivity contribution in [3.8, 4) is 0 Å². The number of piperidine rings is 1. The summed E-state index contributed by atoms with van der Waals surface area (Å²) in [5.74, 6) is -2.67. The van der Waals surface area contributed by atoms with E-state index in [-0.39, 0.29) is 5.69 Å². The van der Waals surface area contributed by atoms with Crippen molar-refractivity contribution in [2.45, 2.75) is 25.1 Å². The lowest BCUT2D eigenvalue weighted by molar-refractivity contribution is -0.174. The average molecular weight is 318 g/mol. The molecule has 0 saturated carbocycles. The number of carboxylic acids is 1. The highest BCUT2D eigenvalue weighted by atomic mass is 19.4. The van der Waals surface area contributed by atoms with Crippen LogP contribution in [-0.2, 0) is 4.79 Å². The molecular weight excluding hydrogens is 305 g/mol. The molecule has 22 heavy (non-hydrogen) atoms. The highest BCUT2D eigenvalue weighted by Gasteiger charge is 2.40. The van der Waals surface area contributed by atoms with Gasteiger partial charge in [0.2, 0.25) is 0 Å². The van der Waals surface area contributed by atoms with Crippen LogP contribution in [0, 0.1) is 0 Å². The fourth-order valence-electron chi connectivity index (χ4n) is 2.12. The summed E-state index contributed by atoms with van der Waals surface area (Å²) < 4.78 is 36.5. The Morgan fingerprint density at radius 3 is 2.32 bits per heavy atom.